The monoisotopic (exact) mass is 345 g/mol. The molecule has 1 aliphatic heterocycles. The van der Waals surface area contributed by atoms with Gasteiger partial charge in [0.1, 0.15) is 5.75 Å². The number of aromatic nitrogens is 1. The normalized spacial score (nSPS) is 28.6. The molecular formula is C19H27N3O3. The minimum Gasteiger partial charge on any atom is -0.482 e. The van der Waals surface area contributed by atoms with Crippen LogP contribution >= 0.6 is 0 Å². The van der Waals surface area contributed by atoms with Crippen molar-refractivity contribution >= 4 is 11.8 Å². The van der Waals surface area contributed by atoms with E-state index in [0.717, 1.165) is 32.1 Å². The van der Waals surface area contributed by atoms with Gasteiger partial charge in [-0.25, -0.2) is 0 Å². The third kappa shape index (κ3) is 4.71. The van der Waals surface area contributed by atoms with Crippen LogP contribution in [0.2, 0.25) is 0 Å². The highest BCUT2D eigenvalue weighted by Gasteiger charge is 2.40. The summed E-state index contributed by atoms with van der Waals surface area (Å²) in [5.41, 5.74) is 0. The molecule has 1 saturated carbocycles. The zero-order valence-corrected chi connectivity index (χ0v) is 14.7. The standard InChI is InChI=1S/C19H27N3O3/c1-2-4-13-9-18(23)22-17-10-14(6-7-16(13)17)21-19(24)12-25-15-5-3-8-20-11-15/h3,5,8,11,13-14,16-17H,2,4,6-7,9-10,12H2,1H3,(H,21,24)(H,22,23). The summed E-state index contributed by atoms with van der Waals surface area (Å²) in [6, 6.07) is 3.84. The largest absolute Gasteiger partial charge is 0.482 e. The number of carbonyl (C=O) groups is 2. The molecule has 2 N–H and O–H groups in total. The predicted octanol–water partition coefficient (Wildman–Crippen LogP) is 2.05. The zero-order valence-electron chi connectivity index (χ0n) is 14.7. The van der Waals surface area contributed by atoms with Crippen molar-refractivity contribution in [3.63, 3.8) is 0 Å². The smallest absolute Gasteiger partial charge is 0.258 e. The first-order chi connectivity index (χ1) is 12.2. The van der Waals surface area contributed by atoms with E-state index in [2.05, 4.69) is 22.5 Å². The third-order valence-corrected chi connectivity index (χ3v) is 5.33. The Labute approximate surface area is 148 Å². The van der Waals surface area contributed by atoms with Gasteiger partial charge >= 0.3 is 0 Å². The molecule has 2 aliphatic rings. The first-order valence-electron chi connectivity index (χ1n) is 9.27. The van der Waals surface area contributed by atoms with Gasteiger partial charge in [-0.1, -0.05) is 13.3 Å². The maximum absolute atomic E-state index is 12.1. The van der Waals surface area contributed by atoms with Gasteiger partial charge in [0, 0.05) is 24.7 Å². The summed E-state index contributed by atoms with van der Waals surface area (Å²) in [6.07, 6.45) is 8.98. The van der Waals surface area contributed by atoms with Crippen LogP contribution in [0.3, 0.4) is 0 Å². The number of piperidine rings is 1. The number of amides is 2. The highest BCUT2D eigenvalue weighted by Crippen LogP contribution is 2.37. The van der Waals surface area contributed by atoms with E-state index in [1.807, 2.05) is 0 Å². The molecule has 6 heteroatoms. The lowest BCUT2D eigenvalue weighted by atomic mass is 9.70. The maximum Gasteiger partial charge on any atom is 0.258 e. The van der Waals surface area contributed by atoms with Crippen LogP contribution in [0.25, 0.3) is 0 Å². The number of rotatable bonds is 6. The van der Waals surface area contributed by atoms with Gasteiger partial charge in [-0.2, -0.15) is 0 Å². The van der Waals surface area contributed by atoms with Crippen LogP contribution in [0, 0.1) is 11.8 Å². The first-order valence-corrected chi connectivity index (χ1v) is 9.27. The Balaban J connectivity index is 1.48. The molecule has 4 atom stereocenters. The minimum atomic E-state index is -0.125. The van der Waals surface area contributed by atoms with E-state index in [1.165, 1.54) is 0 Å². The Morgan fingerprint density at radius 3 is 3.08 bits per heavy atom. The number of hydrogen-bond acceptors (Lipinski definition) is 4. The number of nitrogens with zero attached hydrogens (tertiary/aromatic N) is 1. The average molecular weight is 345 g/mol. The van der Waals surface area contributed by atoms with E-state index < -0.39 is 0 Å². The molecule has 1 saturated heterocycles. The van der Waals surface area contributed by atoms with Crippen molar-refractivity contribution in [2.75, 3.05) is 6.61 Å². The number of ether oxygens (including phenoxy) is 1. The molecule has 1 aromatic heterocycles. The molecular weight excluding hydrogens is 318 g/mol. The average Bonchev–Trinajstić information content (AvgIpc) is 2.61. The van der Waals surface area contributed by atoms with E-state index >= 15 is 0 Å². The molecule has 0 spiro atoms. The maximum atomic E-state index is 12.1. The van der Waals surface area contributed by atoms with E-state index in [4.69, 9.17) is 4.74 Å². The SMILES string of the molecule is CCCC1CC(=O)NC2CC(NC(=O)COc3cccnc3)CCC12. The van der Waals surface area contributed by atoms with Crippen LogP contribution in [0.1, 0.15) is 45.4 Å². The Hall–Kier alpha value is -2.11. The first kappa shape index (κ1) is 17.7. The fourth-order valence-corrected chi connectivity index (χ4v) is 4.25. The molecule has 2 amide bonds. The lowest BCUT2D eigenvalue weighted by molar-refractivity contribution is -0.127. The minimum absolute atomic E-state index is 0.0128. The van der Waals surface area contributed by atoms with E-state index in [9.17, 15) is 9.59 Å². The van der Waals surface area contributed by atoms with E-state index in [-0.39, 0.29) is 30.5 Å². The van der Waals surface area contributed by atoms with Crippen molar-refractivity contribution in [3.05, 3.63) is 24.5 Å². The van der Waals surface area contributed by atoms with Gasteiger partial charge in [-0.05, 0) is 49.7 Å². The highest BCUT2D eigenvalue weighted by atomic mass is 16.5. The summed E-state index contributed by atoms with van der Waals surface area (Å²) in [5, 5.41) is 6.19. The van der Waals surface area contributed by atoms with Crippen LogP contribution in [-0.4, -0.2) is 35.5 Å². The van der Waals surface area contributed by atoms with Gasteiger partial charge in [0.15, 0.2) is 6.61 Å². The fraction of sp³-hybridized carbons (Fsp3) is 0.632. The summed E-state index contributed by atoms with van der Waals surface area (Å²) < 4.78 is 5.44. The summed E-state index contributed by atoms with van der Waals surface area (Å²) >= 11 is 0. The second kappa shape index (κ2) is 8.32. The van der Waals surface area contributed by atoms with Gasteiger partial charge in [0.25, 0.3) is 5.91 Å². The molecule has 4 unspecified atom stereocenters. The Kier molecular flexibility index (Phi) is 5.89. The second-order valence-corrected chi connectivity index (χ2v) is 7.15. The summed E-state index contributed by atoms with van der Waals surface area (Å²) in [5.74, 6) is 1.67. The van der Waals surface area contributed by atoms with Crippen molar-refractivity contribution < 1.29 is 14.3 Å². The lowest BCUT2D eigenvalue weighted by Gasteiger charge is -2.44. The number of pyridine rings is 1. The topological polar surface area (TPSA) is 80.3 Å². The Bertz CT molecular complexity index is 593. The van der Waals surface area contributed by atoms with Gasteiger partial charge in [0.05, 0.1) is 6.20 Å². The predicted molar refractivity (Wildman–Crippen MR) is 93.9 cm³/mol. The summed E-state index contributed by atoms with van der Waals surface area (Å²) in [6.45, 7) is 2.16. The second-order valence-electron chi connectivity index (χ2n) is 7.15. The van der Waals surface area contributed by atoms with Crippen LogP contribution in [0.15, 0.2) is 24.5 Å². The molecule has 2 fully saturated rings. The number of fused-ring (bicyclic) bond motifs is 1. The summed E-state index contributed by atoms with van der Waals surface area (Å²) in [4.78, 5) is 28.1. The van der Waals surface area contributed by atoms with Crippen molar-refractivity contribution in [2.45, 2.75) is 57.5 Å². The fourth-order valence-electron chi connectivity index (χ4n) is 4.25. The number of nitrogens with one attached hydrogen (secondary N) is 2. The van der Waals surface area contributed by atoms with Gasteiger partial charge in [-0.15, -0.1) is 0 Å². The van der Waals surface area contributed by atoms with E-state index in [1.54, 1.807) is 24.5 Å². The molecule has 25 heavy (non-hydrogen) atoms. The quantitative estimate of drug-likeness (QED) is 0.827. The van der Waals surface area contributed by atoms with Crippen molar-refractivity contribution in [3.8, 4) is 5.75 Å². The number of hydrogen-bond donors (Lipinski definition) is 2. The van der Waals surface area contributed by atoms with Crippen molar-refractivity contribution in [1.29, 1.82) is 0 Å². The molecule has 0 radical (unpaired) electrons. The lowest BCUT2D eigenvalue weighted by Crippen LogP contribution is -2.55. The van der Waals surface area contributed by atoms with Crippen LogP contribution < -0.4 is 15.4 Å². The van der Waals surface area contributed by atoms with Gasteiger partial charge in [0.2, 0.25) is 5.91 Å². The Morgan fingerprint density at radius 2 is 2.32 bits per heavy atom. The van der Waals surface area contributed by atoms with Crippen LogP contribution in [0.4, 0.5) is 0 Å². The zero-order chi connectivity index (χ0) is 17.6. The summed E-state index contributed by atoms with van der Waals surface area (Å²) in [7, 11) is 0. The van der Waals surface area contributed by atoms with E-state index in [0.29, 0.717) is 24.0 Å². The third-order valence-electron chi connectivity index (χ3n) is 5.33. The molecule has 0 aromatic carbocycles. The van der Waals surface area contributed by atoms with Crippen molar-refractivity contribution in [2.24, 2.45) is 11.8 Å². The molecule has 1 aliphatic carbocycles. The van der Waals surface area contributed by atoms with Crippen LogP contribution in [0.5, 0.6) is 5.75 Å². The Morgan fingerprint density at radius 1 is 1.44 bits per heavy atom. The molecule has 136 valence electrons. The molecule has 1 aromatic rings. The van der Waals surface area contributed by atoms with Gasteiger partial charge in [-0.3, -0.25) is 14.6 Å². The number of carbonyl (C=O) groups excluding carboxylic acids is 2. The highest BCUT2D eigenvalue weighted by molar-refractivity contribution is 5.78. The molecule has 3 rings (SSSR count). The van der Waals surface area contributed by atoms with Crippen molar-refractivity contribution in [1.82, 2.24) is 15.6 Å². The molecule has 0 bridgehead atoms. The molecule has 2 heterocycles. The van der Waals surface area contributed by atoms with Crippen LogP contribution in [-0.2, 0) is 9.59 Å². The molecule has 6 nitrogen and oxygen atoms in total. The van der Waals surface area contributed by atoms with Gasteiger partial charge < -0.3 is 15.4 Å².